The van der Waals surface area contributed by atoms with E-state index in [-0.39, 0.29) is 24.2 Å². The molecular weight excluding hydrogens is 377 g/mol. The molecule has 2 aromatic rings. The fraction of sp³-hybridized carbons (Fsp3) is 0.727. The monoisotopic (exact) mass is 408 g/mol. The van der Waals surface area contributed by atoms with Crippen molar-refractivity contribution in [3.05, 3.63) is 28.7 Å². The maximum absolute atomic E-state index is 13.0. The zero-order chi connectivity index (χ0) is 20.8. The summed E-state index contributed by atoms with van der Waals surface area (Å²) in [6, 6.07) is 2.01. The minimum atomic E-state index is -4.08. The van der Waals surface area contributed by atoms with Crippen LogP contribution in [0.2, 0.25) is 0 Å². The normalized spacial score (nSPS) is 28.8. The second-order valence-corrected chi connectivity index (χ2v) is 9.15. The number of nitrogens with zero attached hydrogens (tertiary/aromatic N) is 3. The lowest BCUT2D eigenvalue weighted by atomic mass is 9.77. The molecule has 0 amide bonds. The number of alkyl halides is 3. The van der Waals surface area contributed by atoms with E-state index >= 15 is 0 Å². The molecule has 1 aliphatic carbocycles. The fourth-order valence-electron chi connectivity index (χ4n) is 5.39. The van der Waals surface area contributed by atoms with Crippen LogP contribution in [0.4, 0.5) is 13.2 Å². The summed E-state index contributed by atoms with van der Waals surface area (Å²) in [5.74, 6) is -1.07. The molecule has 0 spiro atoms. The third kappa shape index (κ3) is 3.78. The van der Waals surface area contributed by atoms with Gasteiger partial charge in [0.15, 0.2) is 5.65 Å². The van der Waals surface area contributed by atoms with Gasteiger partial charge in [-0.1, -0.05) is 13.8 Å². The third-order valence-electron chi connectivity index (χ3n) is 7.06. The van der Waals surface area contributed by atoms with Crippen molar-refractivity contribution in [2.24, 2.45) is 5.92 Å². The molecule has 0 unspecified atom stereocenters. The molecule has 1 aliphatic heterocycles. The summed E-state index contributed by atoms with van der Waals surface area (Å²) in [6.45, 7) is 8.45. The number of rotatable bonds is 3. The van der Waals surface area contributed by atoms with Gasteiger partial charge >= 0.3 is 6.18 Å². The molecule has 7 heteroatoms. The lowest BCUT2D eigenvalue weighted by Gasteiger charge is -2.36. The molecule has 0 bridgehead atoms. The number of piperidine rings is 1. The minimum Gasteiger partial charge on any atom is -0.316 e. The quantitative estimate of drug-likeness (QED) is 0.770. The van der Waals surface area contributed by atoms with Crippen LogP contribution in [0, 0.1) is 12.8 Å². The Morgan fingerprint density at radius 2 is 1.97 bits per heavy atom. The Labute approximate surface area is 170 Å². The Morgan fingerprint density at radius 1 is 1.24 bits per heavy atom. The molecule has 160 valence electrons. The minimum absolute atomic E-state index is 0.0211. The first-order valence-electron chi connectivity index (χ1n) is 10.9. The number of hydrogen-bond donors (Lipinski definition) is 1. The van der Waals surface area contributed by atoms with Gasteiger partial charge in [-0.15, -0.1) is 0 Å². The zero-order valence-electron chi connectivity index (χ0n) is 17.6. The van der Waals surface area contributed by atoms with E-state index in [1.54, 1.807) is 0 Å². The first kappa shape index (κ1) is 20.6. The number of nitrogens with one attached hydrogen (secondary N) is 1. The Hall–Kier alpha value is -1.63. The Morgan fingerprint density at radius 3 is 2.55 bits per heavy atom. The van der Waals surface area contributed by atoms with Crippen LogP contribution < -0.4 is 5.32 Å². The lowest BCUT2D eigenvalue weighted by molar-refractivity contribution is -0.182. The Balaban J connectivity index is 1.72. The van der Waals surface area contributed by atoms with Crippen molar-refractivity contribution in [3.63, 3.8) is 0 Å². The molecule has 29 heavy (non-hydrogen) atoms. The number of fused-ring (bicyclic) bond motifs is 1. The standard InChI is InChI=1S/C22H31F3N4/c1-4-17-14(2)27-19-12-18(15-6-8-16(9-7-15)22(23,24)25)28-29(19)20(17)21(3)10-5-11-26-13-21/h12,15-16,26H,4-11,13H2,1-3H3/t15?,16?,21-/m0/s1. The fourth-order valence-corrected chi connectivity index (χ4v) is 5.39. The molecule has 1 saturated carbocycles. The predicted octanol–water partition coefficient (Wildman–Crippen LogP) is 5.08. The average molecular weight is 409 g/mol. The van der Waals surface area contributed by atoms with Gasteiger partial charge < -0.3 is 5.32 Å². The van der Waals surface area contributed by atoms with Crippen molar-refractivity contribution in [1.82, 2.24) is 19.9 Å². The van der Waals surface area contributed by atoms with E-state index in [4.69, 9.17) is 10.1 Å². The molecular formula is C22H31F3N4. The van der Waals surface area contributed by atoms with Crippen LogP contribution in [0.15, 0.2) is 6.07 Å². The summed E-state index contributed by atoms with van der Waals surface area (Å²) >= 11 is 0. The summed E-state index contributed by atoms with van der Waals surface area (Å²) < 4.78 is 41.1. The smallest absolute Gasteiger partial charge is 0.316 e. The second-order valence-electron chi connectivity index (χ2n) is 9.15. The molecule has 2 aliphatic rings. The first-order valence-corrected chi connectivity index (χ1v) is 10.9. The van der Waals surface area contributed by atoms with Gasteiger partial charge in [-0.25, -0.2) is 9.50 Å². The lowest BCUT2D eigenvalue weighted by Crippen LogP contribution is -2.43. The van der Waals surface area contributed by atoms with E-state index < -0.39 is 12.1 Å². The molecule has 0 aromatic carbocycles. The predicted molar refractivity (Wildman–Crippen MR) is 107 cm³/mol. The SMILES string of the molecule is CCc1c(C)nc2cc(C3CCC(C(F)(F)F)CC3)nn2c1[C@@]1(C)CCCNC1. The number of hydrogen-bond acceptors (Lipinski definition) is 3. The van der Waals surface area contributed by atoms with Crippen molar-refractivity contribution < 1.29 is 13.2 Å². The average Bonchev–Trinajstić information content (AvgIpc) is 3.10. The highest BCUT2D eigenvalue weighted by molar-refractivity contribution is 5.47. The molecule has 1 N–H and O–H groups in total. The Bertz CT molecular complexity index is 872. The number of halogens is 3. The van der Waals surface area contributed by atoms with Crippen molar-refractivity contribution in [2.45, 2.75) is 83.2 Å². The van der Waals surface area contributed by atoms with Crippen LogP contribution in [0.3, 0.4) is 0 Å². The molecule has 2 fully saturated rings. The largest absolute Gasteiger partial charge is 0.391 e. The summed E-state index contributed by atoms with van der Waals surface area (Å²) in [7, 11) is 0. The summed E-state index contributed by atoms with van der Waals surface area (Å²) in [6.07, 6.45) is 0.519. The molecule has 0 radical (unpaired) electrons. The third-order valence-corrected chi connectivity index (χ3v) is 7.06. The van der Waals surface area contributed by atoms with Crippen LogP contribution in [-0.2, 0) is 11.8 Å². The van der Waals surface area contributed by atoms with Crippen LogP contribution in [-0.4, -0.2) is 33.9 Å². The van der Waals surface area contributed by atoms with Gasteiger partial charge in [0.1, 0.15) is 0 Å². The Kier molecular flexibility index (Phi) is 5.38. The van der Waals surface area contributed by atoms with Gasteiger partial charge in [0.25, 0.3) is 0 Å². The van der Waals surface area contributed by atoms with E-state index in [2.05, 4.69) is 26.1 Å². The molecule has 4 nitrogen and oxygen atoms in total. The second kappa shape index (κ2) is 7.56. The van der Waals surface area contributed by atoms with Crippen molar-refractivity contribution in [3.8, 4) is 0 Å². The van der Waals surface area contributed by atoms with E-state index in [0.29, 0.717) is 12.8 Å². The van der Waals surface area contributed by atoms with Crippen LogP contribution >= 0.6 is 0 Å². The molecule has 1 atom stereocenters. The van der Waals surface area contributed by atoms with Gasteiger partial charge in [0, 0.05) is 29.6 Å². The molecule has 1 saturated heterocycles. The highest BCUT2D eigenvalue weighted by Gasteiger charge is 2.42. The van der Waals surface area contributed by atoms with Crippen molar-refractivity contribution in [2.75, 3.05) is 13.1 Å². The molecule has 4 rings (SSSR count). The van der Waals surface area contributed by atoms with Gasteiger partial charge in [-0.05, 0) is 64.0 Å². The zero-order valence-corrected chi connectivity index (χ0v) is 17.6. The van der Waals surface area contributed by atoms with Crippen molar-refractivity contribution >= 4 is 5.65 Å². The van der Waals surface area contributed by atoms with E-state index in [9.17, 15) is 13.2 Å². The van der Waals surface area contributed by atoms with E-state index in [1.807, 2.05) is 10.6 Å². The maximum atomic E-state index is 13.0. The first-order chi connectivity index (χ1) is 13.7. The molecule has 2 aromatic heterocycles. The number of aromatic nitrogens is 3. The van der Waals surface area contributed by atoms with E-state index in [1.165, 1.54) is 11.3 Å². The highest BCUT2D eigenvalue weighted by Crippen LogP contribution is 2.43. The summed E-state index contributed by atoms with van der Waals surface area (Å²) in [5.41, 5.74) is 5.22. The van der Waals surface area contributed by atoms with Gasteiger partial charge in [-0.2, -0.15) is 18.3 Å². The summed E-state index contributed by atoms with van der Waals surface area (Å²) in [5, 5.41) is 8.47. The van der Waals surface area contributed by atoms with Gasteiger partial charge in [0.2, 0.25) is 0 Å². The topological polar surface area (TPSA) is 42.2 Å². The highest BCUT2D eigenvalue weighted by atomic mass is 19.4. The van der Waals surface area contributed by atoms with Gasteiger partial charge in [-0.3, -0.25) is 0 Å². The van der Waals surface area contributed by atoms with Crippen LogP contribution in [0.25, 0.3) is 5.65 Å². The van der Waals surface area contributed by atoms with Crippen molar-refractivity contribution in [1.29, 1.82) is 0 Å². The summed E-state index contributed by atoms with van der Waals surface area (Å²) in [4.78, 5) is 4.80. The number of aryl methyl sites for hydroxylation is 1. The van der Waals surface area contributed by atoms with Crippen LogP contribution in [0.1, 0.15) is 80.9 Å². The maximum Gasteiger partial charge on any atom is 0.391 e. The van der Waals surface area contributed by atoms with Crippen LogP contribution in [0.5, 0.6) is 0 Å². The van der Waals surface area contributed by atoms with Gasteiger partial charge in [0.05, 0.1) is 17.3 Å². The van der Waals surface area contributed by atoms with E-state index in [0.717, 1.165) is 49.4 Å². The molecule has 3 heterocycles.